The summed E-state index contributed by atoms with van der Waals surface area (Å²) >= 11 is 0. The fourth-order valence-corrected chi connectivity index (χ4v) is 3.65. The molecule has 1 aliphatic carbocycles. The maximum atomic E-state index is 5.64. The van der Waals surface area contributed by atoms with Crippen LogP contribution in [0.5, 0.6) is 0 Å². The van der Waals surface area contributed by atoms with Gasteiger partial charge in [-0.3, -0.25) is 4.90 Å². The molecule has 14 heavy (non-hydrogen) atoms. The van der Waals surface area contributed by atoms with Crippen LogP contribution >= 0.6 is 0 Å². The van der Waals surface area contributed by atoms with E-state index in [9.17, 15) is 0 Å². The molecule has 3 aliphatic rings. The minimum absolute atomic E-state index is 0.643. The van der Waals surface area contributed by atoms with Crippen LogP contribution < -0.4 is 0 Å². The molecule has 0 aromatic rings. The lowest BCUT2D eigenvalue weighted by Crippen LogP contribution is -2.38. The normalized spacial score (nSPS) is 39.7. The van der Waals surface area contributed by atoms with Crippen molar-refractivity contribution < 1.29 is 4.74 Å². The van der Waals surface area contributed by atoms with Crippen molar-refractivity contribution in [1.82, 2.24) is 4.90 Å². The maximum Gasteiger partial charge on any atom is 0.0625 e. The zero-order chi connectivity index (χ0) is 9.60. The lowest BCUT2D eigenvalue weighted by molar-refractivity contribution is 0.0535. The average Bonchev–Trinajstić information content (AvgIpc) is 2.65. The van der Waals surface area contributed by atoms with Crippen LogP contribution in [0.4, 0.5) is 0 Å². The smallest absolute Gasteiger partial charge is 0.0625 e. The Labute approximate surface area is 85.9 Å². The van der Waals surface area contributed by atoms with Gasteiger partial charge < -0.3 is 4.74 Å². The van der Waals surface area contributed by atoms with Crippen molar-refractivity contribution in [3.8, 4) is 0 Å². The van der Waals surface area contributed by atoms with Gasteiger partial charge in [-0.2, -0.15) is 0 Å². The van der Waals surface area contributed by atoms with E-state index >= 15 is 0 Å². The van der Waals surface area contributed by atoms with Crippen molar-refractivity contribution in [1.29, 1.82) is 0 Å². The largest absolute Gasteiger partial charge is 0.379 e. The van der Waals surface area contributed by atoms with Gasteiger partial charge in [-0.25, -0.2) is 0 Å². The van der Waals surface area contributed by atoms with Crippen LogP contribution in [0.15, 0.2) is 12.7 Å². The molecular weight excluding hydrogens is 174 g/mol. The molecule has 2 nitrogen and oxygen atoms in total. The van der Waals surface area contributed by atoms with Gasteiger partial charge in [0.25, 0.3) is 0 Å². The second-order valence-electron chi connectivity index (χ2n) is 5.15. The number of rotatable bonds is 2. The molecule has 1 spiro atoms. The standard InChI is InChI=1S/C12H19NO/c1-2-6-13-9-12(4-3-5-12)10-7-14-8-11(10)13/h2,10-11H,1,3-9H2. The molecule has 2 atom stereocenters. The van der Waals surface area contributed by atoms with Gasteiger partial charge in [0.15, 0.2) is 0 Å². The Morgan fingerprint density at radius 3 is 2.93 bits per heavy atom. The van der Waals surface area contributed by atoms with E-state index in [1.165, 1.54) is 25.8 Å². The average molecular weight is 193 g/mol. The molecule has 2 heteroatoms. The van der Waals surface area contributed by atoms with Crippen LogP contribution in [0.1, 0.15) is 19.3 Å². The molecule has 3 fully saturated rings. The van der Waals surface area contributed by atoms with E-state index < -0.39 is 0 Å². The van der Waals surface area contributed by atoms with Gasteiger partial charge in [0.1, 0.15) is 0 Å². The summed E-state index contributed by atoms with van der Waals surface area (Å²) in [5, 5.41) is 0. The van der Waals surface area contributed by atoms with Gasteiger partial charge in [0, 0.05) is 25.0 Å². The number of fused-ring (bicyclic) bond motifs is 2. The van der Waals surface area contributed by atoms with Crippen molar-refractivity contribution in [2.24, 2.45) is 11.3 Å². The van der Waals surface area contributed by atoms with Crippen LogP contribution in [0.2, 0.25) is 0 Å². The van der Waals surface area contributed by atoms with E-state index in [1.54, 1.807) is 0 Å². The summed E-state index contributed by atoms with van der Waals surface area (Å²) in [4.78, 5) is 2.59. The highest BCUT2D eigenvalue weighted by atomic mass is 16.5. The molecule has 2 aliphatic heterocycles. The van der Waals surface area contributed by atoms with E-state index in [1.807, 2.05) is 6.08 Å². The molecule has 0 aromatic carbocycles. The van der Waals surface area contributed by atoms with Gasteiger partial charge in [-0.15, -0.1) is 6.58 Å². The first-order valence-corrected chi connectivity index (χ1v) is 5.78. The quantitative estimate of drug-likeness (QED) is 0.619. The van der Waals surface area contributed by atoms with Crippen molar-refractivity contribution in [3.63, 3.8) is 0 Å². The minimum Gasteiger partial charge on any atom is -0.379 e. The van der Waals surface area contributed by atoms with Gasteiger partial charge in [0.05, 0.1) is 13.2 Å². The van der Waals surface area contributed by atoms with E-state index in [2.05, 4.69) is 11.5 Å². The summed E-state index contributed by atoms with van der Waals surface area (Å²) in [6.07, 6.45) is 6.34. The molecule has 0 radical (unpaired) electrons. The summed E-state index contributed by atoms with van der Waals surface area (Å²) in [5.74, 6) is 0.830. The highest BCUT2D eigenvalue weighted by molar-refractivity contribution is 5.08. The molecule has 2 heterocycles. The number of likely N-dealkylation sites (tertiary alicyclic amines) is 1. The van der Waals surface area contributed by atoms with E-state index in [0.29, 0.717) is 11.5 Å². The van der Waals surface area contributed by atoms with Crippen LogP contribution in [-0.4, -0.2) is 37.2 Å². The Balaban J connectivity index is 1.81. The third kappa shape index (κ3) is 1.04. The van der Waals surface area contributed by atoms with Crippen molar-refractivity contribution in [3.05, 3.63) is 12.7 Å². The van der Waals surface area contributed by atoms with Crippen LogP contribution in [-0.2, 0) is 4.74 Å². The SMILES string of the molecule is C=CCN1CC2(CCC2)C2COCC21. The summed E-state index contributed by atoms with van der Waals surface area (Å²) in [6, 6.07) is 0.702. The predicted octanol–water partition coefficient (Wildman–Crippen LogP) is 1.67. The molecule has 1 saturated carbocycles. The first kappa shape index (κ1) is 8.93. The molecular formula is C12H19NO. The number of ether oxygens (including phenoxy) is 1. The lowest BCUT2D eigenvalue weighted by Gasteiger charge is -2.42. The van der Waals surface area contributed by atoms with E-state index in [0.717, 1.165) is 25.7 Å². The zero-order valence-electron chi connectivity index (χ0n) is 8.74. The van der Waals surface area contributed by atoms with E-state index in [4.69, 9.17) is 4.74 Å². The number of nitrogens with zero attached hydrogens (tertiary/aromatic N) is 1. The Kier molecular flexibility index (Phi) is 1.96. The monoisotopic (exact) mass is 193 g/mol. The topological polar surface area (TPSA) is 12.5 Å². The Bertz CT molecular complexity index is 247. The van der Waals surface area contributed by atoms with Crippen LogP contribution in [0.25, 0.3) is 0 Å². The third-order valence-corrected chi connectivity index (χ3v) is 4.54. The Morgan fingerprint density at radius 1 is 1.43 bits per heavy atom. The Hall–Kier alpha value is -0.340. The van der Waals surface area contributed by atoms with E-state index in [-0.39, 0.29) is 0 Å². The van der Waals surface area contributed by atoms with Gasteiger partial charge in [-0.1, -0.05) is 12.5 Å². The number of hydrogen-bond acceptors (Lipinski definition) is 2. The van der Waals surface area contributed by atoms with Crippen LogP contribution in [0, 0.1) is 11.3 Å². The Morgan fingerprint density at radius 2 is 2.29 bits per heavy atom. The molecule has 0 bridgehead atoms. The summed E-state index contributed by atoms with van der Waals surface area (Å²) in [6.45, 7) is 8.17. The molecule has 2 saturated heterocycles. The lowest BCUT2D eigenvalue weighted by atomic mass is 9.62. The second kappa shape index (κ2) is 3.07. The maximum absolute atomic E-state index is 5.64. The summed E-state index contributed by atoms with van der Waals surface area (Å²) < 4.78 is 5.64. The zero-order valence-corrected chi connectivity index (χ0v) is 8.74. The van der Waals surface area contributed by atoms with Crippen molar-refractivity contribution in [2.75, 3.05) is 26.3 Å². The van der Waals surface area contributed by atoms with Crippen LogP contribution in [0.3, 0.4) is 0 Å². The van der Waals surface area contributed by atoms with Crippen molar-refractivity contribution >= 4 is 0 Å². The number of hydrogen-bond donors (Lipinski definition) is 0. The first-order chi connectivity index (χ1) is 6.86. The fourth-order valence-electron chi connectivity index (χ4n) is 3.65. The molecule has 78 valence electrons. The highest BCUT2D eigenvalue weighted by Crippen LogP contribution is 2.55. The second-order valence-corrected chi connectivity index (χ2v) is 5.15. The third-order valence-electron chi connectivity index (χ3n) is 4.54. The molecule has 0 aromatic heterocycles. The molecule has 3 rings (SSSR count). The molecule has 2 unspecified atom stereocenters. The highest BCUT2D eigenvalue weighted by Gasteiger charge is 2.56. The summed E-state index contributed by atoms with van der Waals surface area (Å²) in [5.41, 5.74) is 0.643. The molecule has 0 N–H and O–H groups in total. The fraction of sp³-hybridized carbons (Fsp3) is 0.833. The van der Waals surface area contributed by atoms with Gasteiger partial charge >= 0.3 is 0 Å². The minimum atomic E-state index is 0.643. The van der Waals surface area contributed by atoms with Crippen molar-refractivity contribution in [2.45, 2.75) is 25.3 Å². The predicted molar refractivity (Wildman–Crippen MR) is 56.2 cm³/mol. The molecule has 0 amide bonds. The summed E-state index contributed by atoms with van der Waals surface area (Å²) in [7, 11) is 0. The van der Waals surface area contributed by atoms with Gasteiger partial charge in [-0.05, 0) is 18.3 Å². The first-order valence-electron chi connectivity index (χ1n) is 5.78. The van der Waals surface area contributed by atoms with Gasteiger partial charge in [0.2, 0.25) is 0 Å².